The maximum absolute atomic E-state index is 14.6. The van der Waals surface area contributed by atoms with Gasteiger partial charge in [-0.1, -0.05) is 0 Å². The minimum Gasteiger partial charge on any atom is -0.324 e. The number of nitrogens with zero attached hydrogens (tertiary/aromatic N) is 4. The van der Waals surface area contributed by atoms with E-state index < -0.39 is 5.82 Å². The van der Waals surface area contributed by atoms with E-state index in [4.69, 9.17) is 0 Å². The van der Waals surface area contributed by atoms with Gasteiger partial charge >= 0.3 is 0 Å². The van der Waals surface area contributed by atoms with E-state index in [1.807, 2.05) is 17.8 Å². The molecule has 3 aromatic rings. The topological polar surface area (TPSA) is 96.8 Å². The standard InChI is InChI=1S/C22H26FN7O/c1-13(2)30-12-15(11-26-30)20-14(3)10-25-22(29-20)27-16-6-7-18(17(23)9-16)28-21(31)19-5-4-8-24-19/h6-7,9-13,19,24H,4-5,8H2,1-3H3,(H,28,31)(H,25,27,29). The molecule has 0 spiro atoms. The Morgan fingerprint density at radius 1 is 1.32 bits per heavy atom. The second-order valence-electron chi connectivity index (χ2n) is 7.99. The molecule has 31 heavy (non-hydrogen) atoms. The number of halogens is 1. The zero-order valence-electron chi connectivity index (χ0n) is 17.8. The number of hydrogen-bond donors (Lipinski definition) is 3. The van der Waals surface area contributed by atoms with Gasteiger partial charge in [0.15, 0.2) is 0 Å². The molecule has 3 heterocycles. The molecule has 1 unspecified atom stereocenters. The predicted molar refractivity (Wildman–Crippen MR) is 118 cm³/mol. The number of rotatable bonds is 6. The summed E-state index contributed by atoms with van der Waals surface area (Å²) in [5.74, 6) is -0.392. The van der Waals surface area contributed by atoms with Crippen molar-refractivity contribution in [2.45, 2.75) is 45.7 Å². The van der Waals surface area contributed by atoms with Crippen molar-refractivity contribution in [2.75, 3.05) is 17.2 Å². The highest BCUT2D eigenvalue weighted by molar-refractivity contribution is 5.95. The van der Waals surface area contributed by atoms with Crippen molar-refractivity contribution in [3.63, 3.8) is 0 Å². The molecule has 4 rings (SSSR count). The Morgan fingerprint density at radius 2 is 2.16 bits per heavy atom. The first kappa shape index (κ1) is 20.9. The van der Waals surface area contributed by atoms with Crippen molar-refractivity contribution in [1.82, 2.24) is 25.1 Å². The molecule has 0 bridgehead atoms. The zero-order chi connectivity index (χ0) is 22.0. The highest BCUT2D eigenvalue weighted by Crippen LogP contribution is 2.25. The first-order chi connectivity index (χ1) is 14.9. The summed E-state index contributed by atoms with van der Waals surface area (Å²) in [5.41, 5.74) is 3.20. The third-order valence-electron chi connectivity index (χ3n) is 5.24. The smallest absolute Gasteiger partial charge is 0.241 e. The SMILES string of the molecule is Cc1cnc(Nc2ccc(NC(=O)C3CCCN3)c(F)c2)nc1-c1cnn(C(C)C)c1. The average molecular weight is 423 g/mol. The van der Waals surface area contributed by atoms with Crippen LogP contribution in [-0.2, 0) is 4.79 Å². The van der Waals surface area contributed by atoms with Crippen molar-refractivity contribution in [3.05, 3.63) is 48.2 Å². The van der Waals surface area contributed by atoms with Crippen LogP contribution in [-0.4, -0.2) is 38.2 Å². The number of anilines is 3. The van der Waals surface area contributed by atoms with Crippen LogP contribution in [0.3, 0.4) is 0 Å². The van der Waals surface area contributed by atoms with Crippen LogP contribution in [0.2, 0.25) is 0 Å². The van der Waals surface area contributed by atoms with E-state index in [0.29, 0.717) is 11.6 Å². The maximum atomic E-state index is 14.6. The van der Waals surface area contributed by atoms with Crippen LogP contribution >= 0.6 is 0 Å². The lowest BCUT2D eigenvalue weighted by Gasteiger charge is -2.13. The number of carbonyl (C=O) groups is 1. The van der Waals surface area contributed by atoms with Crippen molar-refractivity contribution in [1.29, 1.82) is 0 Å². The highest BCUT2D eigenvalue weighted by Gasteiger charge is 2.22. The van der Waals surface area contributed by atoms with Gasteiger partial charge in [-0.3, -0.25) is 9.48 Å². The van der Waals surface area contributed by atoms with Crippen molar-refractivity contribution in [3.8, 4) is 11.3 Å². The molecule has 0 radical (unpaired) electrons. The van der Waals surface area contributed by atoms with Crippen LogP contribution in [0.5, 0.6) is 0 Å². The average Bonchev–Trinajstić information content (AvgIpc) is 3.43. The normalized spacial score (nSPS) is 16.0. The lowest BCUT2D eigenvalue weighted by Crippen LogP contribution is -2.35. The monoisotopic (exact) mass is 423 g/mol. The van der Waals surface area contributed by atoms with E-state index >= 15 is 0 Å². The first-order valence-electron chi connectivity index (χ1n) is 10.4. The van der Waals surface area contributed by atoms with Crippen molar-refractivity contribution < 1.29 is 9.18 Å². The second kappa shape index (κ2) is 8.81. The van der Waals surface area contributed by atoms with E-state index in [9.17, 15) is 9.18 Å². The van der Waals surface area contributed by atoms with Crippen LogP contribution in [0.4, 0.5) is 21.7 Å². The van der Waals surface area contributed by atoms with Gasteiger partial charge in [0.2, 0.25) is 11.9 Å². The van der Waals surface area contributed by atoms with Crippen LogP contribution < -0.4 is 16.0 Å². The minimum atomic E-state index is -0.526. The third-order valence-corrected chi connectivity index (χ3v) is 5.24. The third kappa shape index (κ3) is 4.72. The molecule has 1 atom stereocenters. The molecule has 9 heteroatoms. The number of nitrogens with one attached hydrogen (secondary N) is 3. The summed E-state index contributed by atoms with van der Waals surface area (Å²) < 4.78 is 16.4. The fourth-order valence-electron chi connectivity index (χ4n) is 3.49. The molecule has 0 aliphatic carbocycles. The molecular formula is C22H26FN7O. The van der Waals surface area contributed by atoms with Gasteiger partial charge in [-0.2, -0.15) is 5.10 Å². The lowest BCUT2D eigenvalue weighted by molar-refractivity contribution is -0.117. The van der Waals surface area contributed by atoms with Gasteiger partial charge in [0.1, 0.15) is 5.82 Å². The summed E-state index contributed by atoms with van der Waals surface area (Å²) in [6, 6.07) is 4.51. The minimum absolute atomic E-state index is 0.149. The molecule has 1 aliphatic heterocycles. The van der Waals surface area contributed by atoms with E-state index in [2.05, 4.69) is 44.9 Å². The van der Waals surface area contributed by atoms with E-state index in [0.717, 1.165) is 36.2 Å². The molecule has 1 aliphatic rings. The van der Waals surface area contributed by atoms with Crippen LogP contribution in [0.25, 0.3) is 11.3 Å². The molecule has 1 amide bonds. The highest BCUT2D eigenvalue weighted by atomic mass is 19.1. The van der Waals surface area contributed by atoms with Crippen LogP contribution in [0.15, 0.2) is 36.8 Å². The second-order valence-corrected chi connectivity index (χ2v) is 7.99. The summed E-state index contributed by atoms with van der Waals surface area (Å²) in [6.45, 7) is 6.85. The quantitative estimate of drug-likeness (QED) is 0.558. The number of carbonyl (C=O) groups excluding carboxylic acids is 1. The van der Waals surface area contributed by atoms with Gasteiger partial charge in [0.25, 0.3) is 0 Å². The Hall–Kier alpha value is -3.33. The Morgan fingerprint density at radius 3 is 2.84 bits per heavy atom. The van der Waals surface area contributed by atoms with E-state index in [-0.39, 0.29) is 23.7 Å². The first-order valence-corrected chi connectivity index (χ1v) is 10.4. The van der Waals surface area contributed by atoms with Gasteiger partial charge in [-0.25, -0.2) is 14.4 Å². The van der Waals surface area contributed by atoms with Crippen LogP contribution in [0.1, 0.15) is 38.3 Å². The molecule has 2 aromatic heterocycles. The number of aromatic nitrogens is 4. The Labute approximate surface area is 180 Å². The van der Waals surface area contributed by atoms with Crippen LogP contribution in [0, 0.1) is 12.7 Å². The molecule has 0 saturated carbocycles. The molecular weight excluding hydrogens is 397 g/mol. The van der Waals surface area contributed by atoms with Crippen molar-refractivity contribution in [2.24, 2.45) is 0 Å². The molecule has 162 valence electrons. The van der Waals surface area contributed by atoms with Crippen molar-refractivity contribution >= 4 is 23.2 Å². The number of amides is 1. The zero-order valence-corrected chi connectivity index (χ0v) is 17.8. The summed E-state index contributed by atoms with van der Waals surface area (Å²) in [4.78, 5) is 21.1. The Kier molecular flexibility index (Phi) is 5.94. The number of aryl methyl sites for hydroxylation is 1. The summed E-state index contributed by atoms with van der Waals surface area (Å²) in [6.07, 6.45) is 7.14. The van der Waals surface area contributed by atoms with Gasteiger partial charge in [0, 0.05) is 29.7 Å². The molecule has 1 aromatic carbocycles. The van der Waals surface area contributed by atoms with Gasteiger partial charge in [0.05, 0.1) is 23.6 Å². The van der Waals surface area contributed by atoms with Gasteiger partial charge in [-0.05, 0) is 63.9 Å². The van der Waals surface area contributed by atoms with Gasteiger partial charge < -0.3 is 16.0 Å². The Balaban J connectivity index is 1.50. The number of hydrogen-bond acceptors (Lipinski definition) is 6. The predicted octanol–water partition coefficient (Wildman–Crippen LogP) is 3.80. The summed E-state index contributed by atoms with van der Waals surface area (Å²) in [7, 11) is 0. The maximum Gasteiger partial charge on any atom is 0.241 e. The molecule has 1 fully saturated rings. The molecule has 1 saturated heterocycles. The summed E-state index contributed by atoms with van der Waals surface area (Å²) in [5, 5.41) is 13.1. The Bertz CT molecular complexity index is 1090. The van der Waals surface area contributed by atoms with E-state index in [1.165, 1.54) is 12.1 Å². The lowest BCUT2D eigenvalue weighted by atomic mass is 10.1. The molecule has 3 N–H and O–H groups in total. The fourth-order valence-corrected chi connectivity index (χ4v) is 3.49. The van der Waals surface area contributed by atoms with Gasteiger partial charge in [-0.15, -0.1) is 0 Å². The number of benzene rings is 1. The molecule has 8 nitrogen and oxygen atoms in total. The largest absolute Gasteiger partial charge is 0.324 e. The summed E-state index contributed by atoms with van der Waals surface area (Å²) >= 11 is 0. The fraction of sp³-hybridized carbons (Fsp3) is 0.364. The van der Waals surface area contributed by atoms with E-state index in [1.54, 1.807) is 18.5 Å².